The molecular weight excluding hydrogens is 262 g/mol. The maximum atomic E-state index is 5.80. The Kier molecular flexibility index (Phi) is 3.67. The van der Waals surface area contributed by atoms with E-state index in [4.69, 9.17) is 9.57 Å². The molecule has 1 aliphatic heterocycles. The Balaban J connectivity index is 1.82. The Bertz CT molecular complexity index is 651. The number of hydrogen-bond acceptors (Lipinski definition) is 3. The Labute approximate surface area is 125 Å². The Hall–Kier alpha value is -2.26. The molecule has 1 unspecified atom stereocenters. The third-order valence-corrected chi connectivity index (χ3v) is 3.62. The number of benzene rings is 2. The van der Waals surface area contributed by atoms with Crippen molar-refractivity contribution in [3.63, 3.8) is 0 Å². The summed E-state index contributed by atoms with van der Waals surface area (Å²) in [6.07, 6.45) is 2.96. The first-order valence-corrected chi connectivity index (χ1v) is 7.04. The third-order valence-electron chi connectivity index (χ3n) is 3.62. The molecule has 0 radical (unpaired) electrons. The summed E-state index contributed by atoms with van der Waals surface area (Å²) in [6.45, 7) is 2.08. The fraction of sp³-hybridized carbons (Fsp3) is 0.222. The van der Waals surface area contributed by atoms with Crippen LogP contribution in [0.25, 0.3) is 5.70 Å². The normalized spacial score (nSPS) is 20.8. The quantitative estimate of drug-likeness (QED) is 0.929. The highest BCUT2D eigenvalue weighted by molar-refractivity contribution is 5.67. The Morgan fingerprint density at radius 1 is 1.10 bits per heavy atom. The Morgan fingerprint density at radius 3 is 2.67 bits per heavy atom. The number of hydrogen-bond donors (Lipinski definition) is 1. The van der Waals surface area contributed by atoms with E-state index in [0.29, 0.717) is 0 Å². The largest absolute Gasteiger partial charge is 0.497 e. The van der Waals surface area contributed by atoms with Crippen molar-refractivity contribution in [3.8, 4) is 5.75 Å². The van der Waals surface area contributed by atoms with Gasteiger partial charge in [0.25, 0.3) is 0 Å². The number of rotatable bonds is 4. The van der Waals surface area contributed by atoms with Crippen molar-refractivity contribution in [2.24, 2.45) is 0 Å². The van der Waals surface area contributed by atoms with Crippen LogP contribution in [0.4, 0.5) is 0 Å². The molecule has 1 atom stereocenters. The van der Waals surface area contributed by atoms with Crippen LogP contribution >= 0.6 is 0 Å². The van der Waals surface area contributed by atoms with Crippen LogP contribution < -0.4 is 10.2 Å². The van der Waals surface area contributed by atoms with Crippen LogP contribution in [-0.2, 0) is 11.3 Å². The predicted molar refractivity (Wildman–Crippen MR) is 83.7 cm³/mol. The summed E-state index contributed by atoms with van der Waals surface area (Å²) in [5.41, 5.74) is 5.99. The van der Waals surface area contributed by atoms with Crippen molar-refractivity contribution in [2.45, 2.75) is 18.9 Å². The lowest BCUT2D eigenvalue weighted by Crippen LogP contribution is -2.28. The molecule has 0 fully saturated rings. The van der Waals surface area contributed by atoms with Gasteiger partial charge in [-0.2, -0.15) is 0 Å². The molecule has 0 amide bonds. The number of hydroxylamine groups is 1. The van der Waals surface area contributed by atoms with Gasteiger partial charge in [-0.15, -0.1) is 0 Å². The second-order valence-corrected chi connectivity index (χ2v) is 5.47. The summed E-state index contributed by atoms with van der Waals surface area (Å²) < 4.78 is 5.27. The van der Waals surface area contributed by atoms with E-state index in [-0.39, 0.29) is 5.60 Å². The molecule has 2 aromatic rings. The zero-order chi connectivity index (χ0) is 14.7. The van der Waals surface area contributed by atoms with Crippen LogP contribution in [0.3, 0.4) is 0 Å². The molecule has 21 heavy (non-hydrogen) atoms. The third kappa shape index (κ3) is 3.09. The van der Waals surface area contributed by atoms with E-state index in [1.807, 2.05) is 42.5 Å². The van der Waals surface area contributed by atoms with E-state index in [9.17, 15) is 0 Å². The lowest BCUT2D eigenvalue weighted by atomic mass is 9.95. The molecule has 0 saturated heterocycles. The lowest BCUT2D eigenvalue weighted by Gasteiger charge is -2.19. The molecule has 108 valence electrons. The van der Waals surface area contributed by atoms with Gasteiger partial charge in [0, 0.05) is 12.0 Å². The second-order valence-electron chi connectivity index (χ2n) is 5.47. The van der Waals surface area contributed by atoms with E-state index in [0.717, 1.165) is 23.4 Å². The molecule has 3 rings (SSSR count). The highest BCUT2D eigenvalue weighted by Crippen LogP contribution is 2.30. The molecule has 0 bridgehead atoms. The maximum Gasteiger partial charge on any atom is 0.119 e. The molecule has 0 saturated carbocycles. The van der Waals surface area contributed by atoms with Crippen LogP contribution in [0.5, 0.6) is 5.75 Å². The van der Waals surface area contributed by atoms with E-state index in [1.54, 1.807) is 7.11 Å². The first-order valence-electron chi connectivity index (χ1n) is 7.04. The summed E-state index contributed by atoms with van der Waals surface area (Å²) in [7, 11) is 1.67. The van der Waals surface area contributed by atoms with Gasteiger partial charge in [0.2, 0.25) is 0 Å². The molecule has 0 aromatic heterocycles. The minimum absolute atomic E-state index is 0.347. The van der Waals surface area contributed by atoms with Gasteiger partial charge in [-0.1, -0.05) is 42.5 Å². The van der Waals surface area contributed by atoms with Crippen molar-refractivity contribution in [1.82, 2.24) is 5.48 Å². The first kappa shape index (κ1) is 13.7. The average Bonchev–Trinajstić information content (AvgIpc) is 2.90. The summed E-state index contributed by atoms with van der Waals surface area (Å²) in [4.78, 5) is 5.80. The summed E-state index contributed by atoms with van der Waals surface area (Å²) in [5, 5.41) is 0. The molecule has 2 aromatic carbocycles. The van der Waals surface area contributed by atoms with Crippen LogP contribution in [0.2, 0.25) is 0 Å². The topological polar surface area (TPSA) is 30.5 Å². The van der Waals surface area contributed by atoms with Gasteiger partial charge in [-0.05, 0) is 30.7 Å². The number of methoxy groups -OCH3 is 1. The highest BCUT2D eigenvalue weighted by atomic mass is 16.7. The average molecular weight is 281 g/mol. The molecule has 3 heteroatoms. The van der Waals surface area contributed by atoms with Crippen LogP contribution in [-0.4, -0.2) is 12.7 Å². The molecule has 0 aliphatic carbocycles. The maximum absolute atomic E-state index is 5.80. The van der Waals surface area contributed by atoms with Crippen molar-refractivity contribution < 1.29 is 9.57 Å². The van der Waals surface area contributed by atoms with Gasteiger partial charge in [0.1, 0.15) is 11.4 Å². The standard InChI is InChI=1S/C18H19NO2/c1-18(12-14-7-4-3-5-8-14)13-17(19-21-18)15-9-6-10-16(11-15)20-2/h3-11,13,19H,12H2,1-2H3. The smallest absolute Gasteiger partial charge is 0.119 e. The monoisotopic (exact) mass is 281 g/mol. The van der Waals surface area contributed by atoms with Gasteiger partial charge in [-0.25, -0.2) is 0 Å². The minimum atomic E-state index is -0.347. The van der Waals surface area contributed by atoms with E-state index in [2.05, 4.69) is 30.6 Å². The number of nitrogens with one attached hydrogen (secondary N) is 1. The lowest BCUT2D eigenvalue weighted by molar-refractivity contribution is -0.0208. The van der Waals surface area contributed by atoms with E-state index < -0.39 is 0 Å². The fourth-order valence-corrected chi connectivity index (χ4v) is 2.56. The van der Waals surface area contributed by atoms with Gasteiger partial charge in [0.05, 0.1) is 12.8 Å². The van der Waals surface area contributed by atoms with Crippen molar-refractivity contribution >= 4 is 5.70 Å². The Morgan fingerprint density at radius 2 is 1.90 bits per heavy atom. The van der Waals surface area contributed by atoms with Gasteiger partial charge >= 0.3 is 0 Å². The van der Waals surface area contributed by atoms with Crippen molar-refractivity contribution in [3.05, 3.63) is 71.8 Å². The van der Waals surface area contributed by atoms with Gasteiger partial charge in [-0.3, -0.25) is 10.3 Å². The zero-order valence-corrected chi connectivity index (χ0v) is 12.3. The predicted octanol–water partition coefficient (Wildman–Crippen LogP) is 3.57. The summed E-state index contributed by atoms with van der Waals surface area (Å²) in [6, 6.07) is 18.3. The SMILES string of the molecule is COc1cccc(C2=CC(C)(Cc3ccccc3)ON2)c1. The van der Waals surface area contributed by atoms with Crippen molar-refractivity contribution in [2.75, 3.05) is 7.11 Å². The molecular formula is C18H19NO2. The summed E-state index contributed by atoms with van der Waals surface area (Å²) in [5.74, 6) is 0.840. The van der Waals surface area contributed by atoms with Gasteiger partial charge in [0.15, 0.2) is 0 Å². The number of ether oxygens (including phenoxy) is 1. The van der Waals surface area contributed by atoms with Crippen LogP contribution in [0.15, 0.2) is 60.7 Å². The zero-order valence-electron chi connectivity index (χ0n) is 12.3. The highest BCUT2D eigenvalue weighted by Gasteiger charge is 2.30. The first-order chi connectivity index (χ1) is 10.2. The van der Waals surface area contributed by atoms with Gasteiger partial charge < -0.3 is 4.74 Å². The van der Waals surface area contributed by atoms with Crippen molar-refractivity contribution in [1.29, 1.82) is 0 Å². The molecule has 3 nitrogen and oxygen atoms in total. The van der Waals surface area contributed by atoms with E-state index >= 15 is 0 Å². The molecule has 1 heterocycles. The molecule has 1 N–H and O–H groups in total. The minimum Gasteiger partial charge on any atom is -0.497 e. The molecule has 0 spiro atoms. The summed E-state index contributed by atoms with van der Waals surface area (Å²) >= 11 is 0. The second kappa shape index (κ2) is 5.62. The van der Waals surface area contributed by atoms with E-state index in [1.165, 1.54) is 5.56 Å². The van der Waals surface area contributed by atoms with Crippen LogP contribution in [0, 0.1) is 0 Å². The van der Waals surface area contributed by atoms with Crippen LogP contribution in [0.1, 0.15) is 18.1 Å². The molecule has 1 aliphatic rings. The fourth-order valence-electron chi connectivity index (χ4n) is 2.56.